The number of carbonyl (C=O) groups excluding carboxylic acids is 1. The molecular weight excluding hydrogens is 304 g/mol. The third kappa shape index (κ3) is 4.29. The van der Waals surface area contributed by atoms with E-state index in [4.69, 9.17) is 0 Å². The second-order valence-corrected chi connectivity index (χ2v) is 6.26. The summed E-state index contributed by atoms with van der Waals surface area (Å²) in [5.74, 6) is 0.434. The molecule has 0 spiro atoms. The number of hydrogen-bond donors (Lipinski definition) is 3. The maximum Gasteiger partial charge on any atom is 0.251 e. The van der Waals surface area contributed by atoms with Gasteiger partial charge in [0.05, 0.1) is 11.8 Å². The molecule has 0 aliphatic heterocycles. The smallest absolute Gasteiger partial charge is 0.251 e. The molecule has 6 nitrogen and oxygen atoms in total. The Labute approximate surface area is 141 Å². The van der Waals surface area contributed by atoms with Crippen molar-refractivity contribution in [2.45, 2.75) is 37.7 Å². The first-order valence-corrected chi connectivity index (χ1v) is 8.28. The van der Waals surface area contributed by atoms with Crippen LogP contribution in [0.15, 0.2) is 42.9 Å². The predicted molar refractivity (Wildman–Crippen MR) is 92.1 cm³/mol. The van der Waals surface area contributed by atoms with Crippen LogP contribution in [-0.4, -0.2) is 33.1 Å². The lowest BCUT2D eigenvalue weighted by molar-refractivity contribution is 0.00526. The fourth-order valence-electron chi connectivity index (χ4n) is 2.98. The van der Waals surface area contributed by atoms with E-state index in [1.807, 2.05) is 12.1 Å². The molecule has 0 saturated heterocycles. The van der Waals surface area contributed by atoms with Crippen molar-refractivity contribution >= 4 is 17.4 Å². The van der Waals surface area contributed by atoms with Crippen LogP contribution in [0.4, 0.5) is 11.5 Å². The van der Waals surface area contributed by atoms with Gasteiger partial charge in [-0.25, -0.2) is 4.98 Å². The van der Waals surface area contributed by atoms with Gasteiger partial charge in [-0.05, 0) is 31.0 Å². The fourth-order valence-corrected chi connectivity index (χ4v) is 2.98. The van der Waals surface area contributed by atoms with Gasteiger partial charge in [0.15, 0.2) is 0 Å². The molecule has 24 heavy (non-hydrogen) atoms. The molecule has 3 N–H and O–H groups in total. The Kier molecular flexibility index (Phi) is 5.05. The molecule has 1 fully saturated rings. The molecule has 0 radical (unpaired) electrons. The van der Waals surface area contributed by atoms with E-state index < -0.39 is 5.60 Å². The Balaban J connectivity index is 1.61. The van der Waals surface area contributed by atoms with Crippen molar-refractivity contribution in [3.63, 3.8) is 0 Å². The Morgan fingerprint density at radius 2 is 2.04 bits per heavy atom. The van der Waals surface area contributed by atoms with E-state index in [-0.39, 0.29) is 5.91 Å². The molecule has 1 aliphatic carbocycles. The number of carbonyl (C=O) groups is 1. The van der Waals surface area contributed by atoms with Gasteiger partial charge in [-0.2, -0.15) is 0 Å². The van der Waals surface area contributed by atoms with Crippen molar-refractivity contribution in [2.75, 3.05) is 11.9 Å². The van der Waals surface area contributed by atoms with Gasteiger partial charge in [0.1, 0.15) is 5.82 Å². The van der Waals surface area contributed by atoms with Crippen LogP contribution in [0.25, 0.3) is 0 Å². The summed E-state index contributed by atoms with van der Waals surface area (Å²) in [6.07, 6.45) is 9.52. The molecule has 1 aliphatic rings. The van der Waals surface area contributed by atoms with E-state index in [1.165, 1.54) is 0 Å². The molecule has 3 rings (SSSR count). The van der Waals surface area contributed by atoms with Gasteiger partial charge in [-0.1, -0.05) is 25.3 Å². The monoisotopic (exact) mass is 326 g/mol. The Morgan fingerprint density at radius 1 is 1.21 bits per heavy atom. The first-order valence-electron chi connectivity index (χ1n) is 8.28. The summed E-state index contributed by atoms with van der Waals surface area (Å²) in [5, 5.41) is 16.4. The lowest BCUT2D eigenvalue weighted by Gasteiger charge is -2.32. The largest absolute Gasteiger partial charge is 0.388 e. The average molecular weight is 326 g/mol. The van der Waals surface area contributed by atoms with Gasteiger partial charge in [-0.3, -0.25) is 9.78 Å². The lowest BCUT2D eigenvalue weighted by Crippen LogP contribution is -2.44. The second-order valence-electron chi connectivity index (χ2n) is 6.26. The lowest BCUT2D eigenvalue weighted by atomic mass is 9.85. The highest BCUT2D eigenvalue weighted by molar-refractivity contribution is 5.95. The maximum atomic E-state index is 12.4. The molecule has 6 heteroatoms. The van der Waals surface area contributed by atoms with Crippen LogP contribution in [0, 0.1) is 0 Å². The minimum atomic E-state index is -0.761. The van der Waals surface area contributed by atoms with Crippen molar-refractivity contribution in [2.24, 2.45) is 0 Å². The van der Waals surface area contributed by atoms with Crippen LogP contribution in [-0.2, 0) is 0 Å². The molecule has 1 heterocycles. The summed E-state index contributed by atoms with van der Waals surface area (Å²) in [6.45, 7) is 0.299. The highest BCUT2D eigenvalue weighted by Crippen LogP contribution is 2.27. The SMILES string of the molecule is O=C(NCC1(O)CCCCC1)c1cccc(Nc2cnccn2)c1. The highest BCUT2D eigenvalue weighted by Gasteiger charge is 2.29. The summed E-state index contributed by atoms with van der Waals surface area (Å²) >= 11 is 0. The van der Waals surface area contributed by atoms with Gasteiger partial charge in [0, 0.05) is 30.2 Å². The number of hydrogen-bond acceptors (Lipinski definition) is 5. The molecule has 1 aromatic heterocycles. The van der Waals surface area contributed by atoms with E-state index in [2.05, 4.69) is 20.6 Å². The molecule has 126 valence electrons. The zero-order valence-corrected chi connectivity index (χ0v) is 13.5. The number of rotatable bonds is 5. The summed E-state index contributed by atoms with van der Waals surface area (Å²) in [6, 6.07) is 7.18. The van der Waals surface area contributed by atoms with Gasteiger partial charge in [-0.15, -0.1) is 0 Å². The summed E-state index contributed by atoms with van der Waals surface area (Å²) in [4.78, 5) is 20.5. The fraction of sp³-hybridized carbons (Fsp3) is 0.389. The number of nitrogens with one attached hydrogen (secondary N) is 2. The van der Waals surface area contributed by atoms with Gasteiger partial charge in [0.25, 0.3) is 5.91 Å². The summed E-state index contributed by atoms with van der Waals surface area (Å²) in [7, 11) is 0. The van der Waals surface area contributed by atoms with Gasteiger partial charge in [0.2, 0.25) is 0 Å². The molecule has 1 amide bonds. The number of aromatic nitrogens is 2. The number of amides is 1. The minimum absolute atomic E-state index is 0.184. The van der Waals surface area contributed by atoms with Crippen molar-refractivity contribution in [1.29, 1.82) is 0 Å². The van der Waals surface area contributed by atoms with E-state index >= 15 is 0 Å². The Hall–Kier alpha value is -2.47. The Bertz CT molecular complexity index is 684. The zero-order chi connectivity index (χ0) is 16.8. The first-order chi connectivity index (χ1) is 11.6. The maximum absolute atomic E-state index is 12.4. The van der Waals surface area contributed by atoms with E-state index in [0.717, 1.165) is 37.8 Å². The first kappa shape index (κ1) is 16.4. The number of nitrogens with zero attached hydrogens (tertiary/aromatic N) is 2. The van der Waals surface area contributed by atoms with Crippen LogP contribution in [0.5, 0.6) is 0 Å². The van der Waals surface area contributed by atoms with Crippen molar-refractivity contribution in [3.8, 4) is 0 Å². The van der Waals surface area contributed by atoms with Gasteiger partial charge < -0.3 is 15.7 Å². The van der Waals surface area contributed by atoms with Crippen LogP contribution >= 0.6 is 0 Å². The highest BCUT2D eigenvalue weighted by atomic mass is 16.3. The topological polar surface area (TPSA) is 87.1 Å². The molecule has 0 atom stereocenters. The standard InChI is InChI=1S/C18H22N4O2/c23-17(21-13-18(24)7-2-1-3-8-18)14-5-4-6-15(11-14)22-16-12-19-9-10-20-16/h4-6,9-12,24H,1-3,7-8,13H2,(H,20,22)(H,21,23). The van der Waals surface area contributed by atoms with E-state index in [9.17, 15) is 9.90 Å². The van der Waals surface area contributed by atoms with Crippen molar-refractivity contribution in [1.82, 2.24) is 15.3 Å². The molecule has 0 bridgehead atoms. The van der Waals surface area contributed by atoms with Crippen LogP contribution in [0.3, 0.4) is 0 Å². The van der Waals surface area contributed by atoms with E-state index in [0.29, 0.717) is 17.9 Å². The van der Waals surface area contributed by atoms with Crippen LogP contribution in [0.1, 0.15) is 42.5 Å². The quantitative estimate of drug-likeness (QED) is 0.786. The average Bonchev–Trinajstić information content (AvgIpc) is 2.61. The molecular formula is C18H22N4O2. The van der Waals surface area contributed by atoms with E-state index in [1.54, 1.807) is 30.7 Å². The molecule has 1 saturated carbocycles. The Morgan fingerprint density at radius 3 is 2.79 bits per heavy atom. The normalized spacial score (nSPS) is 16.4. The third-order valence-corrected chi connectivity index (χ3v) is 4.32. The number of benzene rings is 1. The van der Waals surface area contributed by atoms with Crippen LogP contribution < -0.4 is 10.6 Å². The minimum Gasteiger partial charge on any atom is -0.388 e. The summed E-state index contributed by atoms with van der Waals surface area (Å²) in [5.41, 5.74) is 0.548. The summed E-state index contributed by atoms with van der Waals surface area (Å²) < 4.78 is 0. The van der Waals surface area contributed by atoms with Crippen LogP contribution in [0.2, 0.25) is 0 Å². The third-order valence-electron chi connectivity index (χ3n) is 4.32. The van der Waals surface area contributed by atoms with Crippen molar-refractivity contribution in [3.05, 3.63) is 48.4 Å². The molecule has 1 aromatic carbocycles. The predicted octanol–water partition coefficient (Wildman–Crippen LogP) is 2.65. The number of aliphatic hydroxyl groups is 1. The zero-order valence-electron chi connectivity index (χ0n) is 13.5. The van der Waals surface area contributed by atoms with Crippen molar-refractivity contribution < 1.29 is 9.90 Å². The molecule has 0 unspecified atom stereocenters. The van der Waals surface area contributed by atoms with Gasteiger partial charge >= 0.3 is 0 Å². The number of anilines is 2. The second kappa shape index (κ2) is 7.40. The molecule has 2 aromatic rings.